The zero-order chi connectivity index (χ0) is 12.5. The number of nitrogens with zero attached hydrogens (tertiary/aromatic N) is 1. The van der Waals surface area contributed by atoms with E-state index in [2.05, 4.69) is 51.6 Å². The Kier molecular flexibility index (Phi) is 2.81. The summed E-state index contributed by atoms with van der Waals surface area (Å²) in [6, 6.07) is 16.7. The lowest BCUT2D eigenvalue weighted by Crippen LogP contribution is -2.05. The molecule has 2 aromatic carbocycles. The first kappa shape index (κ1) is 11.3. The Morgan fingerprint density at radius 3 is 2.67 bits per heavy atom. The highest BCUT2D eigenvalue weighted by atomic mass is 79.9. The van der Waals surface area contributed by atoms with Crippen LogP contribution in [0.15, 0.2) is 46.9 Å². The average Bonchev–Trinajstić information content (AvgIpc) is 2.82. The minimum Gasteiger partial charge on any atom is -0.378 e. The minimum atomic E-state index is 0.307. The van der Waals surface area contributed by atoms with Crippen molar-refractivity contribution in [1.82, 2.24) is 0 Å². The lowest BCUT2D eigenvalue weighted by atomic mass is 10.0. The molecule has 2 aromatic rings. The first-order valence-electron chi connectivity index (χ1n) is 5.81. The second-order valence-corrected chi connectivity index (χ2v) is 5.35. The van der Waals surface area contributed by atoms with Gasteiger partial charge in [0.15, 0.2) is 0 Å². The number of nitriles is 1. The summed E-state index contributed by atoms with van der Waals surface area (Å²) in [4.78, 5) is 0. The Labute approximate surface area is 114 Å². The predicted molar refractivity (Wildman–Crippen MR) is 75.4 cm³/mol. The topological polar surface area (TPSA) is 35.8 Å². The van der Waals surface area contributed by atoms with Crippen molar-refractivity contribution >= 4 is 21.6 Å². The number of fused-ring (bicyclic) bond motifs is 1. The van der Waals surface area contributed by atoms with Gasteiger partial charge in [0.2, 0.25) is 0 Å². The zero-order valence-electron chi connectivity index (χ0n) is 9.65. The van der Waals surface area contributed by atoms with Gasteiger partial charge >= 0.3 is 0 Å². The summed E-state index contributed by atoms with van der Waals surface area (Å²) in [5.41, 5.74) is 4.34. The Morgan fingerprint density at radius 1 is 1.17 bits per heavy atom. The fraction of sp³-hybridized carbons (Fsp3) is 0.133. The maximum Gasteiger partial charge on any atom is 0.0992 e. The van der Waals surface area contributed by atoms with Crippen LogP contribution < -0.4 is 5.32 Å². The summed E-state index contributed by atoms with van der Waals surface area (Å²) < 4.78 is 1.09. The third-order valence-corrected chi connectivity index (χ3v) is 3.79. The number of rotatable bonds is 1. The Balaban J connectivity index is 1.89. The van der Waals surface area contributed by atoms with Gasteiger partial charge in [-0.15, -0.1) is 0 Å². The summed E-state index contributed by atoms with van der Waals surface area (Å²) in [5, 5.41) is 12.4. The highest BCUT2D eigenvalue weighted by Crippen LogP contribution is 2.34. The van der Waals surface area contributed by atoms with Crippen LogP contribution in [0.5, 0.6) is 0 Å². The summed E-state index contributed by atoms with van der Waals surface area (Å²) in [6.45, 7) is 0. The van der Waals surface area contributed by atoms with Crippen molar-refractivity contribution < 1.29 is 0 Å². The van der Waals surface area contributed by atoms with Crippen LogP contribution in [0.25, 0.3) is 0 Å². The van der Waals surface area contributed by atoms with Crippen LogP contribution in [0.4, 0.5) is 5.69 Å². The van der Waals surface area contributed by atoms with Gasteiger partial charge in [0, 0.05) is 10.2 Å². The largest absolute Gasteiger partial charge is 0.378 e. The molecule has 1 N–H and O–H groups in total. The fourth-order valence-corrected chi connectivity index (χ4v) is 2.58. The summed E-state index contributed by atoms with van der Waals surface area (Å²) in [7, 11) is 0. The SMILES string of the molecule is N#Cc1ccc2c(c1)NC(c1ccc(Br)cc1)C2. The van der Waals surface area contributed by atoms with E-state index < -0.39 is 0 Å². The van der Waals surface area contributed by atoms with E-state index in [4.69, 9.17) is 5.26 Å². The second-order valence-electron chi connectivity index (χ2n) is 4.44. The maximum absolute atomic E-state index is 8.90. The number of benzene rings is 2. The lowest BCUT2D eigenvalue weighted by molar-refractivity contribution is 0.824. The third kappa shape index (κ3) is 2.00. The van der Waals surface area contributed by atoms with E-state index in [0.717, 1.165) is 16.6 Å². The molecule has 18 heavy (non-hydrogen) atoms. The molecular weight excluding hydrogens is 288 g/mol. The van der Waals surface area contributed by atoms with Crippen molar-refractivity contribution in [1.29, 1.82) is 5.26 Å². The highest BCUT2D eigenvalue weighted by Gasteiger charge is 2.21. The van der Waals surface area contributed by atoms with Gasteiger partial charge < -0.3 is 5.32 Å². The molecule has 0 bridgehead atoms. The van der Waals surface area contributed by atoms with Gasteiger partial charge in [-0.05, 0) is 41.8 Å². The van der Waals surface area contributed by atoms with Gasteiger partial charge in [-0.1, -0.05) is 34.1 Å². The van der Waals surface area contributed by atoms with Gasteiger partial charge in [0.05, 0.1) is 17.7 Å². The maximum atomic E-state index is 8.90. The lowest BCUT2D eigenvalue weighted by Gasteiger charge is -2.11. The quantitative estimate of drug-likeness (QED) is 0.863. The normalized spacial score (nSPS) is 16.8. The first-order valence-corrected chi connectivity index (χ1v) is 6.60. The second kappa shape index (κ2) is 4.47. The molecule has 0 aromatic heterocycles. The number of anilines is 1. The molecule has 2 nitrogen and oxygen atoms in total. The van der Waals surface area contributed by atoms with Crippen LogP contribution in [0, 0.1) is 11.3 Å². The van der Waals surface area contributed by atoms with Crippen LogP contribution in [0.2, 0.25) is 0 Å². The Morgan fingerprint density at radius 2 is 1.94 bits per heavy atom. The molecule has 3 heteroatoms. The monoisotopic (exact) mass is 298 g/mol. The van der Waals surface area contributed by atoms with Gasteiger partial charge in [0.25, 0.3) is 0 Å². The molecular formula is C15H11BrN2. The Bertz CT molecular complexity index is 626. The molecule has 1 heterocycles. The van der Waals surface area contributed by atoms with E-state index >= 15 is 0 Å². The van der Waals surface area contributed by atoms with Crippen molar-refractivity contribution in [3.05, 3.63) is 63.6 Å². The molecule has 0 saturated carbocycles. The van der Waals surface area contributed by atoms with Crippen LogP contribution in [0.1, 0.15) is 22.7 Å². The van der Waals surface area contributed by atoms with E-state index in [-0.39, 0.29) is 0 Å². The molecule has 1 aliphatic heterocycles. The third-order valence-electron chi connectivity index (χ3n) is 3.27. The number of hydrogen-bond donors (Lipinski definition) is 1. The van der Waals surface area contributed by atoms with Crippen molar-refractivity contribution in [3.63, 3.8) is 0 Å². The molecule has 0 radical (unpaired) electrons. The molecule has 0 fully saturated rings. The van der Waals surface area contributed by atoms with E-state index in [9.17, 15) is 0 Å². The van der Waals surface area contributed by atoms with Crippen LogP contribution >= 0.6 is 15.9 Å². The van der Waals surface area contributed by atoms with Crippen molar-refractivity contribution in [2.75, 3.05) is 5.32 Å². The molecule has 1 aliphatic rings. The summed E-state index contributed by atoms with van der Waals surface area (Å²) >= 11 is 3.44. The van der Waals surface area contributed by atoms with Gasteiger partial charge in [0.1, 0.15) is 0 Å². The fourth-order valence-electron chi connectivity index (χ4n) is 2.31. The molecule has 3 rings (SSSR count). The standard InChI is InChI=1S/C15H11BrN2/c16-13-5-3-11(4-6-13)15-8-12-2-1-10(9-17)7-14(12)18-15/h1-7,15,18H,8H2. The van der Waals surface area contributed by atoms with Gasteiger partial charge in [-0.25, -0.2) is 0 Å². The van der Waals surface area contributed by atoms with E-state index in [0.29, 0.717) is 11.6 Å². The van der Waals surface area contributed by atoms with E-state index in [1.165, 1.54) is 11.1 Å². The summed E-state index contributed by atoms with van der Waals surface area (Å²) in [5.74, 6) is 0. The molecule has 88 valence electrons. The molecule has 0 saturated heterocycles. The van der Waals surface area contributed by atoms with Crippen molar-refractivity contribution in [3.8, 4) is 6.07 Å². The predicted octanol–water partition coefficient (Wildman–Crippen LogP) is 4.03. The van der Waals surface area contributed by atoms with Crippen LogP contribution in [-0.2, 0) is 6.42 Å². The van der Waals surface area contributed by atoms with E-state index in [1.54, 1.807) is 0 Å². The molecule has 1 unspecified atom stereocenters. The van der Waals surface area contributed by atoms with Gasteiger partial charge in [-0.2, -0.15) is 5.26 Å². The van der Waals surface area contributed by atoms with E-state index in [1.807, 2.05) is 18.2 Å². The number of hydrogen-bond acceptors (Lipinski definition) is 2. The molecule has 0 amide bonds. The van der Waals surface area contributed by atoms with Crippen LogP contribution in [0.3, 0.4) is 0 Å². The average molecular weight is 299 g/mol. The first-order chi connectivity index (χ1) is 8.76. The minimum absolute atomic E-state index is 0.307. The number of halogens is 1. The highest BCUT2D eigenvalue weighted by molar-refractivity contribution is 9.10. The zero-order valence-corrected chi connectivity index (χ0v) is 11.2. The smallest absolute Gasteiger partial charge is 0.0992 e. The van der Waals surface area contributed by atoms with Crippen molar-refractivity contribution in [2.45, 2.75) is 12.5 Å². The number of nitrogens with one attached hydrogen (secondary N) is 1. The molecule has 0 aliphatic carbocycles. The van der Waals surface area contributed by atoms with Crippen molar-refractivity contribution in [2.24, 2.45) is 0 Å². The molecule has 0 spiro atoms. The van der Waals surface area contributed by atoms with Crippen LogP contribution in [-0.4, -0.2) is 0 Å². The Hall–Kier alpha value is -1.79. The summed E-state index contributed by atoms with van der Waals surface area (Å²) in [6.07, 6.45) is 0.975. The van der Waals surface area contributed by atoms with Gasteiger partial charge in [-0.3, -0.25) is 0 Å². The molecule has 1 atom stereocenters.